The molecule has 0 aliphatic heterocycles. The zero-order chi connectivity index (χ0) is 17.7. The zero-order valence-electron chi connectivity index (χ0n) is 14.0. The minimum atomic E-state index is -0.882. The quantitative estimate of drug-likeness (QED) is 0.717. The first-order valence-electron chi connectivity index (χ1n) is 8.65. The Labute approximate surface area is 152 Å². The summed E-state index contributed by atoms with van der Waals surface area (Å²) in [6, 6.07) is 14.1. The molecule has 2 aromatic carbocycles. The molecule has 0 saturated heterocycles. The molecule has 0 bridgehead atoms. The number of nitrogens with one attached hydrogen (secondary N) is 2. The van der Waals surface area contributed by atoms with Crippen LogP contribution in [-0.4, -0.2) is 10.7 Å². The lowest BCUT2D eigenvalue weighted by molar-refractivity contribution is 0.362. The summed E-state index contributed by atoms with van der Waals surface area (Å²) in [5.74, 6) is -1.74. The third-order valence-electron chi connectivity index (χ3n) is 4.85. The van der Waals surface area contributed by atoms with E-state index in [1.807, 2.05) is 6.07 Å². The number of anilines is 1. The normalized spacial score (nSPS) is 15.8. The zero-order valence-corrected chi connectivity index (χ0v) is 14.8. The number of halogens is 2. The van der Waals surface area contributed by atoms with Crippen LogP contribution < -0.4 is 10.6 Å². The summed E-state index contributed by atoms with van der Waals surface area (Å²) < 4.78 is 26.4. The van der Waals surface area contributed by atoms with Crippen molar-refractivity contribution in [2.45, 2.75) is 44.1 Å². The Hall–Kier alpha value is -2.01. The summed E-state index contributed by atoms with van der Waals surface area (Å²) in [6.07, 6.45) is 6.47. The van der Waals surface area contributed by atoms with Crippen LogP contribution in [0.1, 0.15) is 37.7 Å². The molecule has 0 radical (unpaired) electrons. The summed E-state index contributed by atoms with van der Waals surface area (Å²) in [4.78, 5) is 0. The predicted octanol–water partition coefficient (Wildman–Crippen LogP) is 5.20. The molecule has 2 aromatic rings. The smallest absolute Gasteiger partial charge is 0.171 e. The summed E-state index contributed by atoms with van der Waals surface area (Å²) in [6.45, 7) is 0. The van der Waals surface area contributed by atoms with Crippen LogP contribution in [0.4, 0.5) is 14.5 Å². The van der Waals surface area contributed by atoms with Gasteiger partial charge in [0.25, 0.3) is 0 Å². The molecule has 3 rings (SSSR count). The number of hydrogen-bond acceptors (Lipinski definition) is 1. The van der Waals surface area contributed by atoms with Crippen molar-refractivity contribution in [1.82, 2.24) is 5.32 Å². The van der Waals surface area contributed by atoms with E-state index in [9.17, 15) is 8.78 Å². The number of benzene rings is 2. The molecule has 5 heteroatoms. The van der Waals surface area contributed by atoms with Crippen LogP contribution in [0.2, 0.25) is 0 Å². The van der Waals surface area contributed by atoms with Gasteiger partial charge in [-0.3, -0.25) is 0 Å². The van der Waals surface area contributed by atoms with E-state index in [0.29, 0.717) is 10.8 Å². The van der Waals surface area contributed by atoms with Crippen LogP contribution in [0.15, 0.2) is 48.5 Å². The minimum absolute atomic E-state index is 0.0293. The Morgan fingerprint density at radius 3 is 2.40 bits per heavy atom. The van der Waals surface area contributed by atoms with Crippen LogP contribution in [-0.2, 0) is 6.42 Å². The molecule has 25 heavy (non-hydrogen) atoms. The molecule has 132 valence electrons. The highest BCUT2D eigenvalue weighted by Crippen LogP contribution is 2.34. The van der Waals surface area contributed by atoms with Gasteiger partial charge in [0.05, 0.1) is 0 Å². The van der Waals surface area contributed by atoms with Crippen molar-refractivity contribution in [2.24, 2.45) is 0 Å². The third kappa shape index (κ3) is 4.75. The molecule has 1 fully saturated rings. The molecular formula is C20H22F2N2S. The summed E-state index contributed by atoms with van der Waals surface area (Å²) in [5.41, 5.74) is 1.74. The Kier molecular flexibility index (Phi) is 5.63. The monoisotopic (exact) mass is 360 g/mol. The summed E-state index contributed by atoms with van der Waals surface area (Å²) in [5, 5.41) is 6.88. The molecule has 2 nitrogen and oxygen atoms in total. The van der Waals surface area contributed by atoms with Crippen molar-refractivity contribution in [2.75, 3.05) is 5.32 Å². The maximum Gasteiger partial charge on any atom is 0.171 e. The second-order valence-corrected chi connectivity index (χ2v) is 7.09. The molecule has 0 atom stereocenters. The minimum Gasteiger partial charge on any atom is -0.357 e. The van der Waals surface area contributed by atoms with Crippen LogP contribution in [0, 0.1) is 11.6 Å². The van der Waals surface area contributed by atoms with Gasteiger partial charge in [0, 0.05) is 17.3 Å². The van der Waals surface area contributed by atoms with Gasteiger partial charge in [-0.15, -0.1) is 0 Å². The van der Waals surface area contributed by atoms with Crippen LogP contribution >= 0.6 is 12.2 Å². The fraction of sp³-hybridized carbons (Fsp3) is 0.350. The highest BCUT2D eigenvalue weighted by molar-refractivity contribution is 7.80. The van der Waals surface area contributed by atoms with Crippen LogP contribution in [0.3, 0.4) is 0 Å². The van der Waals surface area contributed by atoms with E-state index in [4.69, 9.17) is 12.2 Å². The molecule has 0 aromatic heterocycles. The molecular weight excluding hydrogens is 338 g/mol. The van der Waals surface area contributed by atoms with Crippen LogP contribution in [0.25, 0.3) is 0 Å². The van der Waals surface area contributed by atoms with Gasteiger partial charge in [-0.05, 0) is 55.6 Å². The molecule has 1 aliphatic carbocycles. The van der Waals surface area contributed by atoms with Crippen molar-refractivity contribution in [3.63, 3.8) is 0 Å². The van der Waals surface area contributed by atoms with E-state index in [-0.39, 0.29) is 5.54 Å². The molecule has 0 unspecified atom stereocenters. The number of aryl methyl sites for hydroxylation is 1. The van der Waals surface area contributed by atoms with Crippen molar-refractivity contribution in [1.29, 1.82) is 0 Å². The average molecular weight is 360 g/mol. The van der Waals surface area contributed by atoms with Gasteiger partial charge in [-0.2, -0.15) is 0 Å². The molecule has 1 aliphatic rings. The lowest BCUT2D eigenvalue weighted by Crippen LogP contribution is -2.48. The second-order valence-electron chi connectivity index (χ2n) is 6.68. The van der Waals surface area contributed by atoms with E-state index in [2.05, 4.69) is 34.9 Å². The fourth-order valence-electron chi connectivity index (χ4n) is 3.49. The highest BCUT2D eigenvalue weighted by Gasteiger charge is 2.34. The number of hydrogen-bond donors (Lipinski definition) is 2. The van der Waals surface area contributed by atoms with Crippen molar-refractivity contribution in [3.05, 3.63) is 65.7 Å². The Balaban J connectivity index is 1.62. The first kappa shape index (κ1) is 17.8. The standard InChI is InChI=1S/C20H22F2N2S/c21-17-9-8-16(14-18(17)22)23-19(25)24-20(11-4-5-12-20)13-10-15-6-2-1-3-7-15/h1-3,6-9,14H,4-5,10-13H2,(H2,23,24,25). The first-order chi connectivity index (χ1) is 12.1. The fourth-order valence-corrected chi connectivity index (χ4v) is 3.83. The van der Waals surface area contributed by atoms with E-state index in [0.717, 1.165) is 37.8 Å². The Morgan fingerprint density at radius 1 is 1.00 bits per heavy atom. The summed E-state index contributed by atoms with van der Waals surface area (Å²) >= 11 is 5.41. The van der Waals surface area contributed by atoms with Gasteiger partial charge < -0.3 is 10.6 Å². The van der Waals surface area contributed by atoms with Gasteiger partial charge in [-0.1, -0.05) is 43.2 Å². The van der Waals surface area contributed by atoms with Gasteiger partial charge in [0.15, 0.2) is 16.7 Å². The molecule has 1 saturated carbocycles. The average Bonchev–Trinajstić information content (AvgIpc) is 3.06. The van der Waals surface area contributed by atoms with E-state index >= 15 is 0 Å². The van der Waals surface area contributed by atoms with Gasteiger partial charge in [0.2, 0.25) is 0 Å². The lowest BCUT2D eigenvalue weighted by Gasteiger charge is -2.32. The largest absolute Gasteiger partial charge is 0.357 e. The predicted molar refractivity (Wildman–Crippen MR) is 102 cm³/mol. The Bertz CT molecular complexity index is 728. The van der Waals surface area contributed by atoms with Crippen molar-refractivity contribution < 1.29 is 8.78 Å². The SMILES string of the molecule is Fc1ccc(NC(=S)NC2(CCc3ccccc3)CCCC2)cc1F. The lowest BCUT2D eigenvalue weighted by atomic mass is 9.89. The highest BCUT2D eigenvalue weighted by atomic mass is 32.1. The number of thiocarbonyl (C=S) groups is 1. The molecule has 2 N–H and O–H groups in total. The van der Waals surface area contributed by atoms with Crippen molar-refractivity contribution >= 4 is 23.0 Å². The third-order valence-corrected chi connectivity index (χ3v) is 5.06. The van der Waals surface area contributed by atoms with E-state index in [1.165, 1.54) is 24.5 Å². The maximum absolute atomic E-state index is 13.3. The van der Waals surface area contributed by atoms with Crippen molar-refractivity contribution in [3.8, 4) is 0 Å². The maximum atomic E-state index is 13.3. The van der Waals surface area contributed by atoms with Crippen LogP contribution in [0.5, 0.6) is 0 Å². The first-order valence-corrected chi connectivity index (χ1v) is 9.05. The topological polar surface area (TPSA) is 24.1 Å². The van der Waals surface area contributed by atoms with Gasteiger partial charge in [0.1, 0.15) is 0 Å². The molecule has 0 spiro atoms. The van der Waals surface area contributed by atoms with Gasteiger partial charge in [-0.25, -0.2) is 8.78 Å². The Morgan fingerprint density at radius 2 is 1.72 bits per heavy atom. The number of rotatable bonds is 5. The second kappa shape index (κ2) is 7.91. The van der Waals surface area contributed by atoms with E-state index in [1.54, 1.807) is 0 Å². The van der Waals surface area contributed by atoms with E-state index < -0.39 is 11.6 Å². The van der Waals surface area contributed by atoms with Gasteiger partial charge >= 0.3 is 0 Å². The molecule has 0 heterocycles. The summed E-state index contributed by atoms with van der Waals surface area (Å²) in [7, 11) is 0. The molecule has 0 amide bonds.